The van der Waals surface area contributed by atoms with Crippen LogP contribution in [0.25, 0.3) is 0 Å². The van der Waals surface area contributed by atoms with E-state index in [1.54, 1.807) is 6.92 Å². The number of carbonyl (C=O) groups excluding carboxylic acids is 3. The summed E-state index contributed by atoms with van der Waals surface area (Å²) in [6.07, 6.45) is 0.764. The molecule has 2 N–H and O–H groups in total. The number of likely N-dealkylation sites (N-methyl/N-ethyl adjacent to an activating group) is 1. The first-order valence-electron chi connectivity index (χ1n) is 8.58. The number of nitrogens with one attached hydrogen (secondary N) is 2. The lowest BCUT2D eigenvalue weighted by atomic mass is 10.2. The van der Waals surface area contributed by atoms with Gasteiger partial charge < -0.3 is 20.3 Å². The summed E-state index contributed by atoms with van der Waals surface area (Å²) in [5, 5.41) is 5.28. The molecule has 1 heterocycles. The lowest BCUT2D eigenvalue weighted by Crippen LogP contribution is -2.52. The van der Waals surface area contributed by atoms with Gasteiger partial charge in [0.15, 0.2) is 0 Å². The molecule has 0 bridgehead atoms. The Morgan fingerprint density at radius 1 is 1.28 bits per heavy atom. The first-order chi connectivity index (χ1) is 12.0. The standard InChI is InChI=1S/C18H25N3O4/c1-3-19-16(22)15-10-7-11-21(15)17(23)13(2)20-18(24)25-12-14-8-5-4-6-9-14/h4-6,8-9,13,15H,3,7,10-12H2,1-2H3,(H,19,22)(H,20,24)/t13-,15-/m0/s1. The minimum absolute atomic E-state index is 0.138. The predicted molar refractivity (Wildman–Crippen MR) is 92.6 cm³/mol. The van der Waals surface area contributed by atoms with Crippen molar-refractivity contribution in [2.24, 2.45) is 0 Å². The summed E-state index contributed by atoms with van der Waals surface area (Å²) >= 11 is 0. The summed E-state index contributed by atoms with van der Waals surface area (Å²) in [4.78, 5) is 38.0. The first kappa shape index (κ1) is 18.8. The highest BCUT2D eigenvalue weighted by Crippen LogP contribution is 2.18. The molecule has 1 aromatic rings. The molecule has 0 radical (unpaired) electrons. The van der Waals surface area contributed by atoms with Crippen LogP contribution in [0, 0.1) is 0 Å². The first-order valence-corrected chi connectivity index (χ1v) is 8.58. The number of alkyl carbamates (subject to hydrolysis) is 1. The van der Waals surface area contributed by atoms with Gasteiger partial charge in [0.1, 0.15) is 18.7 Å². The van der Waals surface area contributed by atoms with E-state index in [0.29, 0.717) is 19.5 Å². The van der Waals surface area contributed by atoms with E-state index in [-0.39, 0.29) is 18.4 Å². The Labute approximate surface area is 147 Å². The van der Waals surface area contributed by atoms with Gasteiger partial charge in [-0.05, 0) is 32.3 Å². The van der Waals surface area contributed by atoms with Crippen molar-refractivity contribution in [3.63, 3.8) is 0 Å². The highest BCUT2D eigenvalue weighted by atomic mass is 16.5. The van der Waals surface area contributed by atoms with Crippen LogP contribution in [0.1, 0.15) is 32.3 Å². The molecular weight excluding hydrogens is 322 g/mol. The van der Waals surface area contributed by atoms with Crippen LogP contribution in [0.2, 0.25) is 0 Å². The average Bonchev–Trinajstić information content (AvgIpc) is 3.10. The van der Waals surface area contributed by atoms with Crippen molar-refractivity contribution < 1.29 is 19.1 Å². The van der Waals surface area contributed by atoms with E-state index in [0.717, 1.165) is 12.0 Å². The Hall–Kier alpha value is -2.57. The zero-order chi connectivity index (χ0) is 18.2. The van der Waals surface area contributed by atoms with Crippen molar-refractivity contribution >= 4 is 17.9 Å². The Kier molecular flexibility index (Phi) is 6.80. The molecule has 0 aromatic heterocycles. The van der Waals surface area contributed by atoms with Crippen molar-refractivity contribution in [1.29, 1.82) is 0 Å². The minimum atomic E-state index is -0.752. The lowest BCUT2D eigenvalue weighted by molar-refractivity contribution is -0.139. The molecule has 2 atom stereocenters. The number of benzene rings is 1. The van der Waals surface area contributed by atoms with Crippen molar-refractivity contribution in [2.75, 3.05) is 13.1 Å². The van der Waals surface area contributed by atoms with Crippen LogP contribution in [0.3, 0.4) is 0 Å². The van der Waals surface area contributed by atoms with Crippen molar-refractivity contribution in [3.05, 3.63) is 35.9 Å². The van der Waals surface area contributed by atoms with Gasteiger partial charge in [-0.2, -0.15) is 0 Å². The van der Waals surface area contributed by atoms with Gasteiger partial charge in [-0.1, -0.05) is 30.3 Å². The number of nitrogens with zero attached hydrogens (tertiary/aromatic N) is 1. The fraction of sp³-hybridized carbons (Fsp3) is 0.500. The fourth-order valence-electron chi connectivity index (χ4n) is 2.85. The van der Waals surface area contributed by atoms with Crippen LogP contribution >= 0.6 is 0 Å². The molecule has 0 aliphatic carbocycles. The Morgan fingerprint density at radius 2 is 2.00 bits per heavy atom. The molecule has 1 aliphatic rings. The van der Waals surface area contributed by atoms with Crippen molar-refractivity contribution in [2.45, 2.75) is 45.4 Å². The minimum Gasteiger partial charge on any atom is -0.445 e. The summed E-state index contributed by atoms with van der Waals surface area (Å²) in [6, 6.07) is 8.09. The molecule has 0 spiro atoms. The maximum Gasteiger partial charge on any atom is 0.408 e. The van der Waals surface area contributed by atoms with Gasteiger partial charge in [0.05, 0.1) is 0 Å². The molecule has 1 fully saturated rings. The normalized spacial score (nSPS) is 17.7. The van der Waals surface area contributed by atoms with Crippen LogP contribution in [0.15, 0.2) is 30.3 Å². The summed E-state index contributed by atoms with van der Waals surface area (Å²) in [7, 11) is 0. The predicted octanol–water partition coefficient (Wildman–Crippen LogP) is 1.43. The zero-order valence-electron chi connectivity index (χ0n) is 14.7. The smallest absolute Gasteiger partial charge is 0.408 e. The van der Waals surface area contributed by atoms with E-state index < -0.39 is 18.2 Å². The summed E-state index contributed by atoms with van der Waals surface area (Å²) in [5.74, 6) is -0.419. The molecule has 0 unspecified atom stereocenters. The third kappa shape index (κ3) is 5.20. The highest BCUT2D eigenvalue weighted by molar-refractivity contribution is 5.91. The van der Waals surface area contributed by atoms with Gasteiger partial charge in [0.2, 0.25) is 11.8 Å². The Morgan fingerprint density at radius 3 is 2.68 bits per heavy atom. The summed E-state index contributed by atoms with van der Waals surface area (Å²) in [5.41, 5.74) is 0.868. The Bertz CT molecular complexity index is 606. The summed E-state index contributed by atoms with van der Waals surface area (Å²) in [6.45, 7) is 4.62. The van der Waals surface area contributed by atoms with Crippen LogP contribution in [-0.2, 0) is 20.9 Å². The highest BCUT2D eigenvalue weighted by Gasteiger charge is 2.36. The number of rotatable bonds is 6. The Balaban J connectivity index is 1.84. The second kappa shape index (κ2) is 9.05. The van der Waals surface area contributed by atoms with Gasteiger partial charge in [0.25, 0.3) is 0 Å². The van der Waals surface area contributed by atoms with Gasteiger partial charge in [-0.15, -0.1) is 0 Å². The van der Waals surface area contributed by atoms with E-state index in [1.807, 2.05) is 37.3 Å². The van der Waals surface area contributed by atoms with E-state index in [2.05, 4.69) is 10.6 Å². The molecular formula is C18H25N3O4. The molecule has 1 aromatic carbocycles. The molecule has 7 heteroatoms. The van der Waals surface area contributed by atoms with E-state index in [4.69, 9.17) is 4.74 Å². The molecule has 2 rings (SSSR count). The van der Waals surface area contributed by atoms with Crippen LogP contribution < -0.4 is 10.6 Å². The molecule has 0 saturated carbocycles. The number of carbonyl (C=O) groups is 3. The third-order valence-corrected chi connectivity index (χ3v) is 4.11. The van der Waals surface area contributed by atoms with E-state index in [9.17, 15) is 14.4 Å². The molecule has 1 aliphatic heterocycles. The van der Waals surface area contributed by atoms with Gasteiger partial charge in [0, 0.05) is 13.1 Å². The number of ether oxygens (including phenoxy) is 1. The number of likely N-dealkylation sites (tertiary alicyclic amines) is 1. The average molecular weight is 347 g/mol. The molecule has 7 nitrogen and oxygen atoms in total. The summed E-state index contributed by atoms with van der Waals surface area (Å²) < 4.78 is 5.12. The maximum atomic E-state index is 12.5. The van der Waals surface area contributed by atoms with Crippen molar-refractivity contribution in [1.82, 2.24) is 15.5 Å². The zero-order valence-corrected chi connectivity index (χ0v) is 14.7. The van der Waals surface area contributed by atoms with Crippen LogP contribution in [-0.4, -0.2) is 48.0 Å². The number of amides is 3. The maximum absolute atomic E-state index is 12.5. The second-order valence-corrected chi connectivity index (χ2v) is 6.01. The second-order valence-electron chi connectivity index (χ2n) is 6.01. The molecule has 136 valence electrons. The van der Waals surface area contributed by atoms with Crippen LogP contribution in [0.5, 0.6) is 0 Å². The number of hydrogen-bond donors (Lipinski definition) is 2. The molecule has 25 heavy (non-hydrogen) atoms. The molecule has 1 saturated heterocycles. The largest absolute Gasteiger partial charge is 0.445 e. The topological polar surface area (TPSA) is 87.7 Å². The third-order valence-electron chi connectivity index (χ3n) is 4.11. The fourth-order valence-corrected chi connectivity index (χ4v) is 2.85. The van der Waals surface area contributed by atoms with E-state index in [1.165, 1.54) is 4.90 Å². The monoisotopic (exact) mass is 347 g/mol. The lowest BCUT2D eigenvalue weighted by Gasteiger charge is -2.26. The van der Waals surface area contributed by atoms with E-state index >= 15 is 0 Å². The van der Waals surface area contributed by atoms with Gasteiger partial charge in [-0.3, -0.25) is 9.59 Å². The quantitative estimate of drug-likeness (QED) is 0.815. The molecule has 3 amide bonds. The van der Waals surface area contributed by atoms with Gasteiger partial charge in [-0.25, -0.2) is 4.79 Å². The van der Waals surface area contributed by atoms with Gasteiger partial charge >= 0.3 is 6.09 Å². The van der Waals surface area contributed by atoms with Crippen molar-refractivity contribution in [3.8, 4) is 0 Å². The number of hydrogen-bond acceptors (Lipinski definition) is 4. The SMILES string of the molecule is CCNC(=O)[C@@H]1CCCN1C(=O)[C@H](C)NC(=O)OCc1ccccc1. The van der Waals surface area contributed by atoms with Crippen LogP contribution in [0.4, 0.5) is 4.79 Å².